The summed E-state index contributed by atoms with van der Waals surface area (Å²) < 4.78 is 16.7. The lowest BCUT2D eigenvalue weighted by molar-refractivity contribution is -0.127. The monoisotopic (exact) mass is 448 g/mol. The SMILES string of the molecule is CCCN1CCC(N(C)C(=O)/C=C/c2ccc(-n3cc(Br)cn3)c(F)c2)CC1. The maximum atomic E-state index is 14.4. The summed E-state index contributed by atoms with van der Waals surface area (Å²) in [6, 6.07) is 5.12. The molecular weight excluding hydrogens is 423 g/mol. The van der Waals surface area contributed by atoms with Gasteiger partial charge in [-0.15, -0.1) is 0 Å². The largest absolute Gasteiger partial charge is 0.339 e. The Hall–Kier alpha value is -1.99. The maximum absolute atomic E-state index is 14.4. The lowest BCUT2D eigenvalue weighted by atomic mass is 10.0. The third-order valence-corrected chi connectivity index (χ3v) is 5.59. The summed E-state index contributed by atoms with van der Waals surface area (Å²) in [5.41, 5.74) is 1.01. The molecule has 0 N–H and O–H groups in total. The van der Waals surface area contributed by atoms with Crippen molar-refractivity contribution in [2.24, 2.45) is 0 Å². The molecule has 3 rings (SSSR count). The van der Waals surface area contributed by atoms with Gasteiger partial charge in [-0.2, -0.15) is 5.10 Å². The fraction of sp³-hybridized carbons (Fsp3) is 0.429. The molecule has 0 unspecified atom stereocenters. The molecule has 0 aliphatic carbocycles. The van der Waals surface area contributed by atoms with E-state index in [1.807, 2.05) is 11.9 Å². The highest BCUT2D eigenvalue weighted by Gasteiger charge is 2.23. The van der Waals surface area contributed by atoms with E-state index in [1.165, 1.54) is 16.8 Å². The molecular formula is C21H26BrFN4O. The van der Waals surface area contributed by atoms with Crippen LogP contribution in [0.4, 0.5) is 4.39 Å². The second-order valence-electron chi connectivity index (χ2n) is 7.17. The summed E-state index contributed by atoms with van der Waals surface area (Å²) in [5, 5.41) is 4.09. The number of rotatable bonds is 6. The Morgan fingerprint density at radius 1 is 1.39 bits per heavy atom. The molecule has 1 amide bonds. The number of piperidine rings is 1. The first-order valence-corrected chi connectivity index (χ1v) is 10.4. The zero-order valence-corrected chi connectivity index (χ0v) is 17.9. The normalized spacial score (nSPS) is 16.0. The van der Waals surface area contributed by atoms with Crippen molar-refractivity contribution in [3.8, 4) is 5.69 Å². The minimum atomic E-state index is -0.387. The first kappa shape index (κ1) is 20.7. The molecule has 1 aliphatic heterocycles. The van der Waals surface area contributed by atoms with E-state index < -0.39 is 0 Å². The van der Waals surface area contributed by atoms with Gasteiger partial charge >= 0.3 is 0 Å². The molecule has 1 aliphatic rings. The Morgan fingerprint density at radius 3 is 2.75 bits per heavy atom. The Bertz CT molecular complexity index is 843. The molecule has 1 fully saturated rings. The molecule has 5 nitrogen and oxygen atoms in total. The van der Waals surface area contributed by atoms with Crippen LogP contribution in [0.5, 0.6) is 0 Å². The zero-order valence-electron chi connectivity index (χ0n) is 16.3. The van der Waals surface area contributed by atoms with Crippen LogP contribution < -0.4 is 0 Å². The number of nitrogens with zero attached hydrogens (tertiary/aromatic N) is 4. The van der Waals surface area contributed by atoms with Crippen LogP contribution in [0, 0.1) is 5.82 Å². The van der Waals surface area contributed by atoms with Crippen LogP contribution >= 0.6 is 15.9 Å². The average Bonchev–Trinajstić information content (AvgIpc) is 3.12. The highest BCUT2D eigenvalue weighted by molar-refractivity contribution is 9.10. The second-order valence-corrected chi connectivity index (χ2v) is 8.08. The Kier molecular flexibility index (Phi) is 7.02. The van der Waals surface area contributed by atoms with Crippen molar-refractivity contribution in [1.82, 2.24) is 19.6 Å². The van der Waals surface area contributed by atoms with E-state index in [9.17, 15) is 9.18 Å². The number of hydrogen-bond donors (Lipinski definition) is 0. The molecule has 0 atom stereocenters. The van der Waals surface area contributed by atoms with Crippen molar-refractivity contribution in [3.63, 3.8) is 0 Å². The number of benzene rings is 1. The van der Waals surface area contributed by atoms with E-state index in [0.29, 0.717) is 11.3 Å². The molecule has 2 heterocycles. The highest BCUT2D eigenvalue weighted by atomic mass is 79.9. The summed E-state index contributed by atoms with van der Waals surface area (Å²) in [4.78, 5) is 16.8. The van der Waals surface area contributed by atoms with Gasteiger partial charge in [-0.25, -0.2) is 9.07 Å². The number of likely N-dealkylation sites (N-methyl/N-ethyl adjacent to an activating group) is 1. The van der Waals surface area contributed by atoms with Gasteiger partial charge in [0.25, 0.3) is 0 Å². The molecule has 0 bridgehead atoms. The van der Waals surface area contributed by atoms with E-state index in [1.54, 1.807) is 30.6 Å². The molecule has 0 saturated carbocycles. The summed E-state index contributed by atoms with van der Waals surface area (Å²) in [6.45, 7) is 5.39. The smallest absolute Gasteiger partial charge is 0.246 e. The first-order chi connectivity index (χ1) is 13.5. The number of aromatic nitrogens is 2. The summed E-state index contributed by atoms with van der Waals surface area (Å²) >= 11 is 3.30. The topological polar surface area (TPSA) is 41.4 Å². The number of amides is 1. The van der Waals surface area contributed by atoms with E-state index in [2.05, 4.69) is 32.9 Å². The molecule has 28 heavy (non-hydrogen) atoms. The minimum absolute atomic E-state index is 0.0468. The van der Waals surface area contributed by atoms with E-state index in [-0.39, 0.29) is 17.8 Å². The molecule has 0 radical (unpaired) electrons. The number of likely N-dealkylation sites (tertiary alicyclic amines) is 1. The van der Waals surface area contributed by atoms with Gasteiger partial charge in [0.15, 0.2) is 0 Å². The fourth-order valence-corrected chi connectivity index (χ4v) is 3.84. The first-order valence-electron chi connectivity index (χ1n) is 9.65. The molecule has 0 spiro atoms. The van der Waals surface area contributed by atoms with Crippen molar-refractivity contribution in [3.05, 3.63) is 52.5 Å². The summed E-state index contributed by atoms with van der Waals surface area (Å²) in [7, 11) is 1.85. The summed E-state index contributed by atoms with van der Waals surface area (Å²) in [6.07, 6.45) is 9.65. The fourth-order valence-electron chi connectivity index (χ4n) is 3.56. The average molecular weight is 449 g/mol. The quantitative estimate of drug-likeness (QED) is 0.624. The van der Waals surface area contributed by atoms with Crippen LogP contribution in [0.25, 0.3) is 11.8 Å². The Balaban J connectivity index is 1.60. The zero-order chi connectivity index (χ0) is 20.1. The van der Waals surface area contributed by atoms with Crippen molar-refractivity contribution in [2.45, 2.75) is 32.2 Å². The van der Waals surface area contributed by atoms with Gasteiger partial charge in [-0.1, -0.05) is 13.0 Å². The van der Waals surface area contributed by atoms with Crippen molar-refractivity contribution in [1.29, 1.82) is 0 Å². The number of hydrogen-bond acceptors (Lipinski definition) is 3. The standard InChI is InChI=1S/C21H26BrFN4O/c1-3-10-26-11-8-18(9-12-26)25(2)21(28)7-5-16-4-6-20(19(23)13-16)27-15-17(22)14-24-27/h4-7,13-15,18H,3,8-12H2,1-2H3/b7-5+. The lowest BCUT2D eigenvalue weighted by Gasteiger charge is -2.36. The van der Waals surface area contributed by atoms with Crippen LogP contribution in [0.3, 0.4) is 0 Å². The molecule has 1 aromatic heterocycles. The molecule has 1 aromatic carbocycles. The molecule has 1 saturated heterocycles. The second kappa shape index (κ2) is 9.47. The number of carbonyl (C=O) groups excluding carboxylic acids is 1. The minimum Gasteiger partial charge on any atom is -0.339 e. The van der Waals surface area contributed by atoms with Crippen LogP contribution in [0.2, 0.25) is 0 Å². The van der Waals surface area contributed by atoms with E-state index in [0.717, 1.165) is 43.4 Å². The predicted octanol–water partition coefficient (Wildman–Crippen LogP) is 4.12. The third-order valence-electron chi connectivity index (χ3n) is 5.18. The predicted molar refractivity (Wildman–Crippen MR) is 113 cm³/mol. The third kappa shape index (κ3) is 5.08. The van der Waals surface area contributed by atoms with Gasteiger partial charge in [0.2, 0.25) is 5.91 Å². The van der Waals surface area contributed by atoms with Gasteiger partial charge in [0.05, 0.1) is 10.7 Å². The van der Waals surface area contributed by atoms with Gasteiger partial charge in [-0.05, 0) is 65.5 Å². The maximum Gasteiger partial charge on any atom is 0.246 e. The van der Waals surface area contributed by atoms with Crippen molar-refractivity contribution in [2.75, 3.05) is 26.7 Å². The van der Waals surface area contributed by atoms with Crippen LogP contribution in [0.1, 0.15) is 31.7 Å². The molecule has 150 valence electrons. The Labute approximate surface area is 173 Å². The van der Waals surface area contributed by atoms with Gasteiger partial charge in [-0.3, -0.25) is 4.79 Å². The summed E-state index contributed by atoms with van der Waals surface area (Å²) in [5.74, 6) is -0.434. The van der Waals surface area contributed by atoms with Gasteiger partial charge in [0.1, 0.15) is 11.5 Å². The van der Waals surface area contributed by atoms with Crippen molar-refractivity contribution < 1.29 is 9.18 Å². The molecule has 2 aromatic rings. The molecule has 7 heteroatoms. The number of carbonyl (C=O) groups is 1. The Morgan fingerprint density at radius 2 is 2.14 bits per heavy atom. The van der Waals surface area contributed by atoms with E-state index in [4.69, 9.17) is 0 Å². The van der Waals surface area contributed by atoms with Crippen LogP contribution in [-0.4, -0.2) is 58.2 Å². The van der Waals surface area contributed by atoms with Crippen LogP contribution in [-0.2, 0) is 4.79 Å². The number of halogens is 2. The van der Waals surface area contributed by atoms with Gasteiger partial charge < -0.3 is 9.80 Å². The lowest BCUT2D eigenvalue weighted by Crippen LogP contribution is -2.45. The van der Waals surface area contributed by atoms with E-state index >= 15 is 0 Å². The van der Waals surface area contributed by atoms with Crippen molar-refractivity contribution >= 4 is 27.9 Å². The highest BCUT2D eigenvalue weighted by Crippen LogP contribution is 2.19. The van der Waals surface area contributed by atoms with Gasteiger partial charge in [0, 0.05) is 38.5 Å². The van der Waals surface area contributed by atoms with Crippen LogP contribution in [0.15, 0.2) is 41.1 Å².